The van der Waals surface area contributed by atoms with Gasteiger partial charge in [0.25, 0.3) is 5.69 Å². The van der Waals surface area contributed by atoms with Crippen LogP contribution in [-0.2, 0) is 0 Å². The zero-order valence-corrected chi connectivity index (χ0v) is 7.99. The molecule has 0 bridgehead atoms. The Bertz CT molecular complexity index is 376. The van der Waals surface area contributed by atoms with Gasteiger partial charge in [0.2, 0.25) is 0 Å². The summed E-state index contributed by atoms with van der Waals surface area (Å²) in [7, 11) is 0. The number of non-ortho nitro benzene ring substituents is 1. The number of hydrogen-bond donors (Lipinski definition) is 1. The molecule has 1 aliphatic heterocycles. The molecule has 0 saturated heterocycles. The zero-order valence-electron chi connectivity index (χ0n) is 7.99. The first-order chi connectivity index (χ1) is 6.68. The number of fused-ring (bicyclic) bond motifs is 1. The van der Waals surface area contributed by atoms with Gasteiger partial charge >= 0.3 is 0 Å². The Morgan fingerprint density at radius 3 is 3.07 bits per heavy atom. The third-order valence-corrected chi connectivity index (χ3v) is 2.67. The van der Waals surface area contributed by atoms with Gasteiger partial charge in [-0.15, -0.1) is 0 Å². The van der Waals surface area contributed by atoms with E-state index in [9.17, 15) is 10.1 Å². The van der Waals surface area contributed by atoms with Gasteiger partial charge in [-0.1, -0.05) is 6.92 Å². The van der Waals surface area contributed by atoms with Crippen molar-refractivity contribution in [3.63, 3.8) is 0 Å². The van der Waals surface area contributed by atoms with Crippen LogP contribution in [0.4, 0.5) is 11.4 Å². The summed E-state index contributed by atoms with van der Waals surface area (Å²) in [4.78, 5) is 10.2. The van der Waals surface area contributed by atoms with Crippen LogP contribution in [0.1, 0.15) is 24.8 Å². The Morgan fingerprint density at radius 1 is 1.57 bits per heavy atom. The Balaban J connectivity index is 2.45. The van der Waals surface area contributed by atoms with E-state index in [4.69, 9.17) is 0 Å². The number of nitro benzene ring substituents is 1. The number of benzene rings is 1. The van der Waals surface area contributed by atoms with Gasteiger partial charge in [-0.2, -0.15) is 0 Å². The molecule has 1 unspecified atom stereocenters. The molecule has 1 aromatic rings. The van der Waals surface area contributed by atoms with E-state index in [2.05, 4.69) is 12.2 Å². The molecule has 0 fully saturated rings. The van der Waals surface area contributed by atoms with Crippen molar-refractivity contribution in [2.45, 2.75) is 19.3 Å². The van der Waals surface area contributed by atoms with E-state index in [0.717, 1.165) is 24.2 Å². The fraction of sp³-hybridized carbons (Fsp3) is 0.400. The van der Waals surface area contributed by atoms with Gasteiger partial charge in [-0.05, 0) is 24.0 Å². The zero-order chi connectivity index (χ0) is 10.1. The van der Waals surface area contributed by atoms with Gasteiger partial charge in [0.05, 0.1) is 4.92 Å². The van der Waals surface area contributed by atoms with Crippen LogP contribution >= 0.6 is 0 Å². The monoisotopic (exact) mass is 192 g/mol. The molecule has 0 aliphatic carbocycles. The SMILES string of the molecule is CC1CCNc2ccc([N+](=O)[O-])cc21. The smallest absolute Gasteiger partial charge is 0.269 e. The molecular weight excluding hydrogens is 180 g/mol. The lowest BCUT2D eigenvalue weighted by molar-refractivity contribution is -0.384. The second kappa shape index (κ2) is 3.29. The Kier molecular flexibility index (Phi) is 2.11. The van der Waals surface area contributed by atoms with Crippen LogP contribution in [0.2, 0.25) is 0 Å². The highest BCUT2D eigenvalue weighted by Crippen LogP contribution is 2.33. The maximum atomic E-state index is 10.6. The van der Waals surface area contributed by atoms with Gasteiger partial charge in [0.15, 0.2) is 0 Å². The molecule has 0 saturated carbocycles. The molecular formula is C10H12N2O2. The summed E-state index contributed by atoms with van der Waals surface area (Å²) in [6, 6.07) is 5.01. The minimum atomic E-state index is -0.346. The maximum Gasteiger partial charge on any atom is 0.269 e. The topological polar surface area (TPSA) is 55.2 Å². The molecule has 0 spiro atoms. The fourth-order valence-corrected chi connectivity index (χ4v) is 1.81. The van der Waals surface area contributed by atoms with E-state index in [1.54, 1.807) is 18.2 Å². The van der Waals surface area contributed by atoms with Crippen molar-refractivity contribution < 1.29 is 4.92 Å². The first-order valence-corrected chi connectivity index (χ1v) is 4.70. The van der Waals surface area contributed by atoms with Gasteiger partial charge in [-0.25, -0.2) is 0 Å². The molecule has 4 heteroatoms. The van der Waals surface area contributed by atoms with Crippen LogP contribution in [0.3, 0.4) is 0 Å². The second-order valence-corrected chi connectivity index (χ2v) is 3.65. The number of hydrogen-bond acceptors (Lipinski definition) is 3. The Morgan fingerprint density at radius 2 is 2.36 bits per heavy atom. The van der Waals surface area contributed by atoms with Crippen molar-refractivity contribution in [3.05, 3.63) is 33.9 Å². The molecule has 1 aliphatic rings. The lowest BCUT2D eigenvalue weighted by Crippen LogP contribution is -2.14. The lowest BCUT2D eigenvalue weighted by atomic mass is 9.92. The van der Waals surface area contributed by atoms with Crippen molar-refractivity contribution in [2.24, 2.45) is 0 Å². The van der Waals surface area contributed by atoms with Gasteiger partial charge in [0, 0.05) is 24.4 Å². The molecule has 0 aromatic heterocycles. The quantitative estimate of drug-likeness (QED) is 0.549. The number of nitrogens with zero attached hydrogens (tertiary/aromatic N) is 1. The molecule has 4 nitrogen and oxygen atoms in total. The molecule has 1 heterocycles. The summed E-state index contributed by atoms with van der Waals surface area (Å²) in [5, 5.41) is 13.8. The summed E-state index contributed by atoms with van der Waals surface area (Å²) in [5.41, 5.74) is 2.28. The van der Waals surface area contributed by atoms with Gasteiger partial charge in [0.1, 0.15) is 0 Å². The Hall–Kier alpha value is -1.58. The Labute approximate surface area is 82.1 Å². The normalized spacial score (nSPS) is 19.6. The van der Waals surface area contributed by atoms with Gasteiger partial charge in [-0.3, -0.25) is 10.1 Å². The summed E-state index contributed by atoms with van der Waals surface area (Å²) in [6.07, 6.45) is 1.04. The highest BCUT2D eigenvalue weighted by molar-refractivity contribution is 5.58. The van der Waals surface area contributed by atoms with E-state index < -0.39 is 0 Å². The van der Waals surface area contributed by atoms with Crippen LogP contribution < -0.4 is 5.32 Å². The largest absolute Gasteiger partial charge is 0.385 e. The summed E-state index contributed by atoms with van der Waals surface area (Å²) in [5.74, 6) is 0.408. The molecule has 1 atom stereocenters. The summed E-state index contributed by atoms with van der Waals surface area (Å²) in [6.45, 7) is 3.05. The van der Waals surface area contributed by atoms with Crippen molar-refractivity contribution in [2.75, 3.05) is 11.9 Å². The minimum absolute atomic E-state index is 0.180. The molecule has 1 N–H and O–H groups in total. The van der Waals surface area contributed by atoms with E-state index in [1.165, 1.54) is 0 Å². The maximum absolute atomic E-state index is 10.6. The second-order valence-electron chi connectivity index (χ2n) is 3.65. The highest BCUT2D eigenvalue weighted by atomic mass is 16.6. The number of rotatable bonds is 1. The molecule has 1 aromatic carbocycles. The number of nitro groups is 1. The number of anilines is 1. The van der Waals surface area contributed by atoms with Crippen LogP contribution in [0.25, 0.3) is 0 Å². The van der Waals surface area contributed by atoms with Crippen LogP contribution in [0.15, 0.2) is 18.2 Å². The minimum Gasteiger partial charge on any atom is -0.385 e. The van der Waals surface area contributed by atoms with Crippen LogP contribution in [-0.4, -0.2) is 11.5 Å². The van der Waals surface area contributed by atoms with Crippen molar-refractivity contribution in [1.29, 1.82) is 0 Å². The van der Waals surface area contributed by atoms with Crippen LogP contribution in [0.5, 0.6) is 0 Å². The third kappa shape index (κ3) is 1.43. The predicted octanol–water partition coefficient (Wildman–Crippen LogP) is 2.51. The molecule has 14 heavy (non-hydrogen) atoms. The van der Waals surface area contributed by atoms with Crippen molar-refractivity contribution in [1.82, 2.24) is 0 Å². The van der Waals surface area contributed by atoms with Gasteiger partial charge < -0.3 is 5.32 Å². The number of nitrogens with one attached hydrogen (secondary N) is 1. The average molecular weight is 192 g/mol. The lowest BCUT2D eigenvalue weighted by Gasteiger charge is -2.23. The summed E-state index contributed by atoms with van der Waals surface area (Å²) < 4.78 is 0. The third-order valence-electron chi connectivity index (χ3n) is 2.67. The molecule has 74 valence electrons. The summed E-state index contributed by atoms with van der Waals surface area (Å²) >= 11 is 0. The van der Waals surface area contributed by atoms with Crippen molar-refractivity contribution >= 4 is 11.4 Å². The predicted molar refractivity (Wildman–Crippen MR) is 54.6 cm³/mol. The molecule has 2 rings (SSSR count). The first kappa shape index (κ1) is 8.99. The molecule has 0 amide bonds. The van der Waals surface area contributed by atoms with E-state index >= 15 is 0 Å². The van der Waals surface area contributed by atoms with Crippen molar-refractivity contribution in [3.8, 4) is 0 Å². The van der Waals surface area contributed by atoms with E-state index in [-0.39, 0.29) is 10.6 Å². The van der Waals surface area contributed by atoms with E-state index in [0.29, 0.717) is 5.92 Å². The standard InChI is InChI=1S/C10H12N2O2/c1-7-4-5-11-10-3-2-8(12(13)14)6-9(7)10/h2-3,6-7,11H,4-5H2,1H3. The van der Waals surface area contributed by atoms with Crippen LogP contribution in [0, 0.1) is 10.1 Å². The fourth-order valence-electron chi connectivity index (χ4n) is 1.81. The first-order valence-electron chi connectivity index (χ1n) is 4.70. The van der Waals surface area contributed by atoms with E-state index in [1.807, 2.05) is 0 Å². The average Bonchev–Trinajstić information content (AvgIpc) is 2.18. The highest BCUT2D eigenvalue weighted by Gasteiger charge is 2.18. The molecule has 0 radical (unpaired) electrons.